The molecule has 120 valence electrons. The van der Waals surface area contributed by atoms with Gasteiger partial charge in [-0.15, -0.1) is 0 Å². The van der Waals surface area contributed by atoms with Crippen LogP contribution in [0.2, 0.25) is 0 Å². The topological polar surface area (TPSA) is 41.6 Å². The van der Waals surface area contributed by atoms with Crippen LogP contribution in [0.5, 0.6) is 0 Å². The van der Waals surface area contributed by atoms with Gasteiger partial charge >= 0.3 is 0 Å². The average molecular weight is 310 g/mol. The third kappa shape index (κ3) is 2.98. The predicted octanol–water partition coefficient (Wildman–Crippen LogP) is 1.86. The van der Waals surface area contributed by atoms with Gasteiger partial charge in [0.25, 0.3) is 0 Å². The molecule has 2 fully saturated rings. The third-order valence-electron chi connectivity index (χ3n) is 4.56. The van der Waals surface area contributed by atoms with Crippen molar-refractivity contribution in [1.82, 2.24) is 10.2 Å². The largest absolute Gasteiger partial charge is 0.381 e. The van der Waals surface area contributed by atoms with E-state index in [1.54, 1.807) is 6.07 Å². The van der Waals surface area contributed by atoms with Crippen molar-refractivity contribution in [2.24, 2.45) is 5.92 Å². The van der Waals surface area contributed by atoms with Crippen molar-refractivity contribution >= 4 is 5.91 Å². The Labute approximate surface area is 128 Å². The number of halogens is 2. The maximum absolute atomic E-state index is 13.5. The standard InChI is InChI=1S/C16H20F2N2O2/c1-20-6-4-14(19-16(21)11-5-7-22-9-11)15(20)10-2-3-12(17)13(18)8-10/h2-3,8,11,14-15H,4-7,9H2,1H3,(H,19,21)/t11-,14+,15-/m1/s1. The molecule has 1 amide bonds. The van der Waals surface area contributed by atoms with Gasteiger partial charge in [0, 0.05) is 19.2 Å². The fourth-order valence-electron chi connectivity index (χ4n) is 3.32. The zero-order valence-corrected chi connectivity index (χ0v) is 12.5. The molecular formula is C16H20F2N2O2. The molecule has 0 unspecified atom stereocenters. The number of nitrogens with zero attached hydrogens (tertiary/aromatic N) is 1. The van der Waals surface area contributed by atoms with Gasteiger partial charge in [0.2, 0.25) is 5.91 Å². The number of likely N-dealkylation sites (tertiary alicyclic amines) is 1. The number of carbonyl (C=O) groups excluding carboxylic acids is 1. The summed E-state index contributed by atoms with van der Waals surface area (Å²) < 4.78 is 31.9. The summed E-state index contributed by atoms with van der Waals surface area (Å²) in [5.74, 6) is -1.82. The summed E-state index contributed by atoms with van der Waals surface area (Å²) in [4.78, 5) is 14.3. The summed E-state index contributed by atoms with van der Waals surface area (Å²) in [6, 6.07) is 3.72. The molecule has 1 aromatic carbocycles. The molecule has 2 heterocycles. The Kier molecular flexibility index (Phi) is 4.40. The number of nitrogens with one attached hydrogen (secondary N) is 1. The van der Waals surface area contributed by atoms with Crippen LogP contribution in [-0.2, 0) is 9.53 Å². The molecule has 3 rings (SSSR count). The summed E-state index contributed by atoms with van der Waals surface area (Å²) in [5.41, 5.74) is 0.687. The van der Waals surface area contributed by atoms with Gasteiger partial charge in [-0.3, -0.25) is 9.69 Å². The lowest BCUT2D eigenvalue weighted by atomic mass is 9.98. The fraction of sp³-hybridized carbons (Fsp3) is 0.562. The molecule has 3 atom stereocenters. The first-order valence-corrected chi connectivity index (χ1v) is 7.59. The molecule has 2 aliphatic heterocycles. The first-order valence-electron chi connectivity index (χ1n) is 7.59. The number of ether oxygens (including phenoxy) is 1. The molecular weight excluding hydrogens is 290 g/mol. The van der Waals surface area contributed by atoms with Crippen molar-refractivity contribution in [3.05, 3.63) is 35.4 Å². The highest BCUT2D eigenvalue weighted by molar-refractivity contribution is 5.79. The van der Waals surface area contributed by atoms with Crippen LogP contribution in [0.15, 0.2) is 18.2 Å². The van der Waals surface area contributed by atoms with E-state index in [1.165, 1.54) is 6.07 Å². The minimum Gasteiger partial charge on any atom is -0.381 e. The molecule has 0 aromatic heterocycles. The average Bonchev–Trinajstić information content (AvgIpc) is 3.13. The highest BCUT2D eigenvalue weighted by atomic mass is 19.2. The van der Waals surface area contributed by atoms with Crippen molar-refractivity contribution in [3.63, 3.8) is 0 Å². The Morgan fingerprint density at radius 2 is 2.14 bits per heavy atom. The van der Waals surface area contributed by atoms with Gasteiger partial charge in [-0.2, -0.15) is 0 Å². The second-order valence-corrected chi connectivity index (χ2v) is 6.06. The summed E-state index contributed by atoms with van der Waals surface area (Å²) in [7, 11) is 1.93. The first-order chi connectivity index (χ1) is 10.6. The van der Waals surface area contributed by atoms with Gasteiger partial charge < -0.3 is 10.1 Å². The summed E-state index contributed by atoms with van der Waals surface area (Å²) >= 11 is 0. The van der Waals surface area contributed by atoms with Gasteiger partial charge in [-0.25, -0.2) is 8.78 Å². The van der Waals surface area contributed by atoms with Crippen LogP contribution in [0.25, 0.3) is 0 Å². The van der Waals surface area contributed by atoms with E-state index in [-0.39, 0.29) is 23.9 Å². The van der Waals surface area contributed by atoms with E-state index in [0.717, 1.165) is 25.5 Å². The molecule has 0 aliphatic carbocycles. The van der Waals surface area contributed by atoms with Crippen LogP contribution in [0.1, 0.15) is 24.4 Å². The van der Waals surface area contributed by atoms with E-state index >= 15 is 0 Å². The second kappa shape index (κ2) is 6.30. The summed E-state index contributed by atoms with van der Waals surface area (Å²) in [6.45, 7) is 1.88. The zero-order valence-electron chi connectivity index (χ0n) is 12.5. The van der Waals surface area contributed by atoms with Crippen LogP contribution in [0.4, 0.5) is 8.78 Å². The van der Waals surface area contributed by atoms with Crippen molar-refractivity contribution in [2.45, 2.75) is 24.9 Å². The normalized spacial score (nSPS) is 29.0. The van der Waals surface area contributed by atoms with Gasteiger partial charge in [0.05, 0.1) is 18.6 Å². The summed E-state index contributed by atoms with van der Waals surface area (Å²) in [6.07, 6.45) is 1.53. The molecule has 0 spiro atoms. The Morgan fingerprint density at radius 1 is 1.32 bits per heavy atom. The monoisotopic (exact) mass is 310 g/mol. The van der Waals surface area contributed by atoms with Crippen LogP contribution < -0.4 is 5.32 Å². The van der Waals surface area contributed by atoms with Gasteiger partial charge in [-0.05, 0) is 37.6 Å². The molecule has 4 nitrogen and oxygen atoms in total. The van der Waals surface area contributed by atoms with E-state index in [4.69, 9.17) is 4.74 Å². The Balaban J connectivity index is 1.75. The van der Waals surface area contributed by atoms with Crippen molar-refractivity contribution in [2.75, 3.05) is 26.8 Å². The lowest BCUT2D eigenvalue weighted by Gasteiger charge is -2.27. The van der Waals surface area contributed by atoms with E-state index in [2.05, 4.69) is 10.2 Å². The molecule has 2 saturated heterocycles. The van der Waals surface area contributed by atoms with Gasteiger partial charge in [-0.1, -0.05) is 6.07 Å². The van der Waals surface area contributed by atoms with E-state index in [9.17, 15) is 13.6 Å². The fourth-order valence-corrected chi connectivity index (χ4v) is 3.32. The van der Waals surface area contributed by atoms with E-state index in [1.807, 2.05) is 7.05 Å². The zero-order chi connectivity index (χ0) is 15.7. The number of hydrogen-bond acceptors (Lipinski definition) is 3. The van der Waals surface area contributed by atoms with Crippen molar-refractivity contribution < 1.29 is 18.3 Å². The lowest BCUT2D eigenvalue weighted by molar-refractivity contribution is -0.125. The van der Waals surface area contributed by atoms with Crippen molar-refractivity contribution in [1.29, 1.82) is 0 Å². The number of benzene rings is 1. The van der Waals surface area contributed by atoms with Crippen LogP contribution in [0, 0.1) is 17.6 Å². The van der Waals surface area contributed by atoms with Crippen LogP contribution in [0.3, 0.4) is 0 Å². The minimum atomic E-state index is -0.855. The van der Waals surface area contributed by atoms with Crippen LogP contribution in [-0.4, -0.2) is 43.7 Å². The Morgan fingerprint density at radius 3 is 2.82 bits per heavy atom. The quantitative estimate of drug-likeness (QED) is 0.926. The molecule has 1 N–H and O–H groups in total. The Bertz CT molecular complexity index is 561. The number of carbonyl (C=O) groups is 1. The van der Waals surface area contributed by atoms with Crippen LogP contribution >= 0.6 is 0 Å². The second-order valence-electron chi connectivity index (χ2n) is 6.06. The number of hydrogen-bond donors (Lipinski definition) is 1. The molecule has 22 heavy (non-hydrogen) atoms. The molecule has 1 aromatic rings. The highest BCUT2D eigenvalue weighted by Gasteiger charge is 2.36. The first kappa shape index (κ1) is 15.4. The molecule has 6 heteroatoms. The lowest BCUT2D eigenvalue weighted by Crippen LogP contribution is -2.42. The number of rotatable bonds is 3. The maximum atomic E-state index is 13.5. The van der Waals surface area contributed by atoms with Crippen molar-refractivity contribution in [3.8, 4) is 0 Å². The number of likely N-dealkylation sites (N-methyl/N-ethyl adjacent to an activating group) is 1. The predicted molar refractivity (Wildman–Crippen MR) is 77.2 cm³/mol. The Hall–Kier alpha value is -1.53. The number of amides is 1. The SMILES string of the molecule is CN1CC[C@H](NC(=O)[C@@H]2CCOC2)[C@H]1c1ccc(F)c(F)c1. The summed E-state index contributed by atoms with van der Waals surface area (Å²) in [5, 5.41) is 3.06. The van der Waals surface area contributed by atoms with Gasteiger partial charge in [0.15, 0.2) is 11.6 Å². The maximum Gasteiger partial charge on any atom is 0.225 e. The third-order valence-corrected chi connectivity index (χ3v) is 4.56. The smallest absolute Gasteiger partial charge is 0.225 e. The highest BCUT2D eigenvalue weighted by Crippen LogP contribution is 2.32. The molecule has 2 aliphatic rings. The van der Waals surface area contributed by atoms with Gasteiger partial charge in [0.1, 0.15) is 0 Å². The van der Waals surface area contributed by atoms with E-state index in [0.29, 0.717) is 18.8 Å². The molecule has 0 saturated carbocycles. The van der Waals surface area contributed by atoms with E-state index < -0.39 is 11.6 Å². The minimum absolute atomic E-state index is 0.00890. The molecule has 0 radical (unpaired) electrons. The molecule has 0 bridgehead atoms.